The van der Waals surface area contributed by atoms with Crippen molar-refractivity contribution < 1.29 is 5.11 Å². The number of aromatic nitrogens is 1. The van der Waals surface area contributed by atoms with Crippen molar-refractivity contribution in [3.63, 3.8) is 0 Å². The number of hydrogen-bond acceptors (Lipinski definition) is 4. The maximum atomic E-state index is 10.1. The number of rotatable bonds is 6. The van der Waals surface area contributed by atoms with Gasteiger partial charge in [0.1, 0.15) is 0 Å². The van der Waals surface area contributed by atoms with Gasteiger partial charge < -0.3 is 10.4 Å². The molecule has 0 aliphatic carbocycles. The summed E-state index contributed by atoms with van der Waals surface area (Å²) in [5, 5.41) is 15.5. The molecular formula is C15H20N2OS. The number of aryl methyl sites for hydroxylation is 1. The molecule has 2 aromatic heterocycles. The van der Waals surface area contributed by atoms with Gasteiger partial charge in [-0.3, -0.25) is 4.98 Å². The average Bonchev–Trinajstić information content (AvgIpc) is 2.92. The quantitative estimate of drug-likeness (QED) is 0.852. The third-order valence-electron chi connectivity index (χ3n) is 3.05. The SMILES string of the molecule is Cc1ccc(CN[C@H](C)C[C@@H](O)c2cccs2)nc1. The zero-order chi connectivity index (χ0) is 13.7. The molecule has 2 atom stereocenters. The Balaban J connectivity index is 1.78. The average molecular weight is 276 g/mol. The first kappa shape index (κ1) is 14.2. The van der Waals surface area contributed by atoms with Crippen LogP contribution in [0.3, 0.4) is 0 Å². The van der Waals surface area contributed by atoms with Gasteiger partial charge in [0.15, 0.2) is 0 Å². The maximum Gasteiger partial charge on any atom is 0.0896 e. The Morgan fingerprint density at radius 3 is 2.84 bits per heavy atom. The van der Waals surface area contributed by atoms with E-state index in [1.807, 2.05) is 36.7 Å². The van der Waals surface area contributed by atoms with E-state index in [1.54, 1.807) is 11.3 Å². The Morgan fingerprint density at radius 2 is 2.21 bits per heavy atom. The van der Waals surface area contributed by atoms with E-state index >= 15 is 0 Å². The van der Waals surface area contributed by atoms with Crippen molar-refractivity contribution in [2.75, 3.05) is 0 Å². The van der Waals surface area contributed by atoms with Crippen molar-refractivity contribution in [1.29, 1.82) is 0 Å². The maximum absolute atomic E-state index is 10.1. The molecule has 0 amide bonds. The lowest BCUT2D eigenvalue weighted by molar-refractivity contribution is 0.157. The van der Waals surface area contributed by atoms with Crippen LogP contribution in [0.2, 0.25) is 0 Å². The fourth-order valence-corrected chi connectivity index (χ4v) is 2.62. The Labute approximate surface area is 118 Å². The summed E-state index contributed by atoms with van der Waals surface area (Å²) in [7, 11) is 0. The Hall–Kier alpha value is -1.23. The van der Waals surface area contributed by atoms with Crippen LogP contribution in [0.5, 0.6) is 0 Å². The zero-order valence-electron chi connectivity index (χ0n) is 11.3. The van der Waals surface area contributed by atoms with Crippen LogP contribution in [0.15, 0.2) is 35.8 Å². The lowest BCUT2D eigenvalue weighted by Crippen LogP contribution is -2.27. The topological polar surface area (TPSA) is 45.1 Å². The predicted molar refractivity (Wildman–Crippen MR) is 79.2 cm³/mol. The van der Waals surface area contributed by atoms with Gasteiger partial charge in [-0.15, -0.1) is 11.3 Å². The largest absolute Gasteiger partial charge is 0.388 e. The first-order chi connectivity index (χ1) is 9.15. The van der Waals surface area contributed by atoms with Gasteiger partial charge in [-0.25, -0.2) is 0 Å². The second-order valence-corrected chi connectivity index (χ2v) is 5.86. The summed E-state index contributed by atoms with van der Waals surface area (Å²) in [5.41, 5.74) is 2.20. The summed E-state index contributed by atoms with van der Waals surface area (Å²) < 4.78 is 0. The normalized spacial score (nSPS) is 14.3. The summed E-state index contributed by atoms with van der Waals surface area (Å²) >= 11 is 1.60. The second-order valence-electron chi connectivity index (χ2n) is 4.88. The predicted octanol–water partition coefficient (Wildman–Crippen LogP) is 3.05. The van der Waals surface area contributed by atoms with Crippen molar-refractivity contribution in [1.82, 2.24) is 10.3 Å². The van der Waals surface area contributed by atoms with Gasteiger partial charge in [-0.05, 0) is 43.3 Å². The molecule has 2 aromatic rings. The molecule has 0 radical (unpaired) electrons. The molecule has 2 heterocycles. The number of pyridine rings is 1. The molecule has 2 rings (SSSR count). The number of hydrogen-bond donors (Lipinski definition) is 2. The summed E-state index contributed by atoms with van der Waals surface area (Å²) in [5.74, 6) is 0. The molecular weight excluding hydrogens is 256 g/mol. The van der Waals surface area contributed by atoms with Crippen molar-refractivity contribution in [3.8, 4) is 0 Å². The van der Waals surface area contributed by atoms with Crippen LogP contribution in [-0.4, -0.2) is 16.1 Å². The molecule has 0 aromatic carbocycles. The number of nitrogens with one attached hydrogen (secondary N) is 1. The number of aliphatic hydroxyl groups is 1. The molecule has 3 nitrogen and oxygen atoms in total. The molecule has 0 saturated carbocycles. The number of nitrogens with zero attached hydrogens (tertiary/aromatic N) is 1. The van der Waals surface area contributed by atoms with Crippen LogP contribution in [0.1, 0.15) is 35.6 Å². The lowest BCUT2D eigenvalue weighted by atomic mass is 10.1. The first-order valence-electron chi connectivity index (χ1n) is 6.51. The third kappa shape index (κ3) is 4.42. The van der Waals surface area contributed by atoms with Crippen LogP contribution in [0.4, 0.5) is 0 Å². The summed E-state index contributed by atoms with van der Waals surface area (Å²) in [6.45, 7) is 4.86. The highest BCUT2D eigenvalue weighted by Crippen LogP contribution is 2.22. The van der Waals surface area contributed by atoms with Crippen molar-refractivity contribution in [2.45, 2.75) is 39.0 Å². The first-order valence-corrected chi connectivity index (χ1v) is 7.39. The molecule has 102 valence electrons. The smallest absolute Gasteiger partial charge is 0.0896 e. The third-order valence-corrected chi connectivity index (χ3v) is 4.03. The molecule has 0 aliphatic rings. The molecule has 19 heavy (non-hydrogen) atoms. The highest BCUT2D eigenvalue weighted by molar-refractivity contribution is 7.10. The molecule has 0 unspecified atom stereocenters. The van der Waals surface area contributed by atoms with E-state index in [0.717, 1.165) is 17.1 Å². The van der Waals surface area contributed by atoms with Crippen LogP contribution < -0.4 is 5.32 Å². The Morgan fingerprint density at radius 1 is 1.37 bits per heavy atom. The molecule has 0 aliphatic heterocycles. The zero-order valence-corrected chi connectivity index (χ0v) is 12.2. The van der Waals surface area contributed by atoms with Crippen molar-refractivity contribution in [3.05, 3.63) is 52.0 Å². The minimum Gasteiger partial charge on any atom is -0.388 e. The molecule has 0 fully saturated rings. The monoisotopic (exact) mass is 276 g/mol. The summed E-state index contributed by atoms with van der Waals surface area (Å²) in [6.07, 6.45) is 2.21. The lowest BCUT2D eigenvalue weighted by Gasteiger charge is -2.17. The van der Waals surface area contributed by atoms with E-state index in [4.69, 9.17) is 0 Å². The number of thiophene rings is 1. The van der Waals surface area contributed by atoms with Gasteiger partial charge in [-0.2, -0.15) is 0 Å². The minimum atomic E-state index is -0.381. The number of aliphatic hydroxyl groups excluding tert-OH is 1. The molecule has 2 N–H and O–H groups in total. The van der Waals surface area contributed by atoms with E-state index in [2.05, 4.69) is 23.3 Å². The van der Waals surface area contributed by atoms with Crippen LogP contribution in [0.25, 0.3) is 0 Å². The Bertz CT molecular complexity index is 481. The van der Waals surface area contributed by atoms with Gasteiger partial charge in [0.25, 0.3) is 0 Å². The van der Waals surface area contributed by atoms with E-state index in [0.29, 0.717) is 6.42 Å². The summed E-state index contributed by atoms with van der Waals surface area (Å²) in [4.78, 5) is 5.39. The Kier molecular flexibility index (Phi) is 5.07. The van der Waals surface area contributed by atoms with Crippen molar-refractivity contribution >= 4 is 11.3 Å². The summed E-state index contributed by atoms with van der Waals surface area (Å²) in [6, 6.07) is 8.29. The molecule has 0 saturated heterocycles. The highest BCUT2D eigenvalue weighted by atomic mass is 32.1. The van der Waals surface area contributed by atoms with E-state index < -0.39 is 0 Å². The van der Waals surface area contributed by atoms with Gasteiger partial charge in [0.05, 0.1) is 11.8 Å². The van der Waals surface area contributed by atoms with Gasteiger partial charge in [-0.1, -0.05) is 12.1 Å². The van der Waals surface area contributed by atoms with Crippen LogP contribution >= 0.6 is 11.3 Å². The van der Waals surface area contributed by atoms with Gasteiger partial charge in [0.2, 0.25) is 0 Å². The van der Waals surface area contributed by atoms with Crippen LogP contribution in [0, 0.1) is 6.92 Å². The van der Waals surface area contributed by atoms with E-state index in [-0.39, 0.29) is 12.1 Å². The molecule has 0 bridgehead atoms. The van der Waals surface area contributed by atoms with Gasteiger partial charge >= 0.3 is 0 Å². The highest BCUT2D eigenvalue weighted by Gasteiger charge is 2.12. The van der Waals surface area contributed by atoms with Crippen molar-refractivity contribution in [2.24, 2.45) is 0 Å². The van der Waals surface area contributed by atoms with E-state index in [9.17, 15) is 5.11 Å². The molecule has 4 heteroatoms. The fraction of sp³-hybridized carbons (Fsp3) is 0.400. The van der Waals surface area contributed by atoms with Crippen LogP contribution in [-0.2, 0) is 6.54 Å². The molecule has 0 spiro atoms. The minimum absolute atomic E-state index is 0.250. The fourth-order valence-electron chi connectivity index (χ4n) is 1.90. The standard InChI is InChI=1S/C15H20N2OS/c1-11-5-6-13(17-9-11)10-16-12(2)8-14(18)15-4-3-7-19-15/h3-7,9,12,14,16,18H,8,10H2,1-2H3/t12-,14-/m1/s1. The van der Waals surface area contributed by atoms with Gasteiger partial charge in [0, 0.05) is 23.7 Å². The second kappa shape index (κ2) is 6.80. The van der Waals surface area contributed by atoms with E-state index in [1.165, 1.54) is 5.56 Å².